The second kappa shape index (κ2) is 3.25. The Hall–Kier alpha value is 0.0506. The maximum Gasteiger partial charge on any atom is 0.367 e. The fourth-order valence-corrected chi connectivity index (χ4v) is 0.750. The van der Waals surface area contributed by atoms with Gasteiger partial charge in [-0.1, -0.05) is 0 Å². The first kappa shape index (κ1) is 6.05. The first-order valence-electron chi connectivity index (χ1n) is 1.25. The second-order valence-electron chi connectivity index (χ2n) is 0.638. The van der Waals surface area contributed by atoms with Crippen molar-refractivity contribution in [2.24, 2.45) is 0 Å². The van der Waals surface area contributed by atoms with E-state index >= 15 is 0 Å². The molecule has 32 valence electrons. The van der Waals surface area contributed by atoms with Crippen LogP contribution in [0.3, 0.4) is 0 Å². The van der Waals surface area contributed by atoms with E-state index in [1.54, 1.807) is 0 Å². The number of hydrogen-bond acceptors (Lipinski definition) is 3. The molecule has 0 aromatic carbocycles. The SMILES string of the molecule is O=[SiH][Si](=O)[SiH]=O. The summed E-state index contributed by atoms with van der Waals surface area (Å²) in [6.07, 6.45) is 0. The fourth-order valence-electron chi connectivity index (χ4n) is 0.0278. The van der Waals surface area contributed by atoms with Crippen LogP contribution in [0.5, 0.6) is 0 Å². The quantitative estimate of drug-likeness (QED) is 0.409. The highest BCUT2D eigenvalue weighted by Crippen LogP contribution is 1.37. The third kappa shape index (κ3) is 2.30. The molecule has 6 heteroatoms. The molecular formula is H2O3Si3. The highest BCUT2D eigenvalue weighted by atomic mass is 29.5. The average Bonchev–Trinajstić information content (AvgIpc) is 1.65. The van der Waals surface area contributed by atoms with E-state index in [9.17, 15) is 13.4 Å². The maximum atomic E-state index is 9.81. The van der Waals surface area contributed by atoms with E-state index in [2.05, 4.69) is 0 Å². The van der Waals surface area contributed by atoms with E-state index in [0.29, 0.717) is 0 Å². The molecule has 0 spiro atoms. The van der Waals surface area contributed by atoms with Gasteiger partial charge in [-0.15, -0.1) is 0 Å². The molecule has 0 saturated carbocycles. The molecule has 0 N–H and O–H groups in total. The van der Waals surface area contributed by atoms with Crippen molar-refractivity contribution < 1.29 is 13.4 Å². The second-order valence-corrected chi connectivity index (χ2v) is 8.74. The molecule has 0 bridgehead atoms. The summed E-state index contributed by atoms with van der Waals surface area (Å²) in [5, 5.41) is 0. The lowest BCUT2D eigenvalue weighted by molar-refractivity contribution is 0.554. The van der Waals surface area contributed by atoms with Crippen molar-refractivity contribution in [2.75, 3.05) is 0 Å². The van der Waals surface area contributed by atoms with Gasteiger partial charge in [-0.25, -0.2) is 0 Å². The monoisotopic (exact) mass is 134 g/mol. The van der Waals surface area contributed by atoms with Crippen molar-refractivity contribution in [3.63, 3.8) is 0 Å². The van der Waals surface area contributed by atoms with Gasteiger partial charge >= 0.3 is 25.6 Å². The Labute approximate surface area is 39.8 Å². The van der Waals surface area contributed by atoms with Crippen LogP contribution >= 0.6 is 0 Å². The molecule has 0 fully saturated rings. The zero-order chi connectivity index (χ0) is 4.99. The van der Waals surface area contributed by atoms with Crippen molar-refractivity contribution in [3.05, 3.63) is 0 Å². The molecule has 0 unspecified atom stereocenters. The lowest BCUT2D eigenvalue weighted by Gasteiger charge is -1.52. The van der Waals surface area contributed by atoms with Gasteiger partial charge in [-0.05, 0) is 0 Å². The van der Waals surface area contributed by atoms with Crippen molar-refractivity contribution in [2.45, 2.75) is 0 Å². The summed E-state index contributed by atoms with van der Waals surface area (Å²) in [6, 6.07) is 0. The number of hydrogen-bond donors (Lipinski definition) is 0. The molecular weight excluding hydrogens is 132 g/mol. The van der Waals surface area contributed by atoms with Crippen LogP contribution in [0, 0.1) is 0 Å². The van der Waals surface area contributed by atoms with Crippen LogP contribution in [-0.4, -0.2) is 25.6 Å². The Balaban J connectivity index is 3.52. The van der Waals surface area contributed by atoms with Gasteiger partial charge in [0.15, 0.2) is 0 Å². The molecule has 0 aliphatic rings. The van der Waals surface area contributed by atoms with E-state index in [4.69, 9.17) is 0 Å². The molecule has 0 atom stereocenters. The first-order chi connectivity index (χ1) is 2.81. The molecule has 0 amide bonds. The Morgan fingerprint density at radius 2 is 1.50 bits per heavy atom. The fraction of sp³-hybridized carbons (Fsp3) is 0. The normalized spacial score (nSPS) is 6.67. The first-order valence-corrected chi connectivity index (χ1v) is 7.22. The lowest BCUT2D eigenvalue weighted by atomic mass is 16.0. The van der Waals surface area contributed by atoms with Crippen LogP contribution in [0.1, 0.15) is 0 Å². The van der Waals surface area contributed by atoms with Crippen LogP contribution in [0.15, 0.2) is 0 Å². The molecule has 0 aliphatic heterocycles. The van der Waals surface area contributed by atoms with Gasteiger partial charge in [0.2, 0.25) is 0 Å². The van der Waals surface area contributed by atoms with Gasteiger partial charge in [-0.2, -0.15) is 0 Å². The Morgan fingerprint density at radius 1 is 1.17 bits per heavy atom. The van der Waals surface area contributed by atoms with Gasteiger partial charge in [0.05, 0.1) is 0 Å². The summed E-state index contributed by atoms with van der Waals surface area (Å²) in [7, 11) is -4.55. The van der Waals surface area contributed by atoms with E-state index in [1.165, 1.54) is 0 Å². The van der Waals surface area contributed by atoms with E-state index < -0.39 is 25.6 Å². The molecule has 6 heavy (non-hydrogen) atoms. The Morgan fingerprint density at radius 3 is 1.50 bits per heavy atom. The van der Waals surface area contributed by atoms with Crippen LogP contribution in [0.4, 0.5) is 0 Å². The highest BCUT2D eigenvalue weighted by Gasteiger charge is 1.97. The van der Waals surface area contributed by atoms with E-state index in [1.807, 2.05) is 0 Å². The summed E-state index contributed by atoms with van der Waals surface area (Å²) in [4.78, 5) is 0. The lowest BCUT2D eigenvalue weighted by Crippen LogP contribution is -2.05. The maximum absolute atomic E-state index is 9.81. The Bertz CT molecular complexity index is 74.0. The predicted molar refractivity (Wildman–Crippen MR) is 22.1 cm³/mol. The van der Waals surface area contributed by atoms with Gasteiger partial charge in [-0.3, -0.25) is 0 Å². The molecule has 0 aromatic heterocycles. The molecule has 0 aromatic rings. The molecule has 3 nitrogen and oxygen atoms in total. The standard InChI is InChI=1S/H2O3Si3/c1-4-6(3)5-2/h4-5H. The van der Waals surface area contributed by atoms with Crippen molar-refractivity contribution in [3.8, 4) is 0 Å². The van der Waals surface area contributed by atoms with Crippen molar-refractivity contribution >= 4 is 25.6 Å². The molecule has 0 saturated heterocycles. The number of rotatable bonds is 2. The van der Waals surface area contributed by atoms with Gasteiger partial charge in [0.1, 0.15) is 0 Å². The van der Waals surface area contributed by atoms with Crippen LogP contribution in [0.25, 0.3) is 0 Å². The van der Waals surface area contributed by atoms with Crippen molar-refractivity contribution in [1.82, 2.24) is 0 Å². The molecule has 0 rings (SSSR count). The van der Waals surface area contributed by atoms with Crippen LogP contribution in [0.2, 0.25) is 0 Å². The summed E-state index contributed by atoms with van der Waals surface area (Å²) >= 11 is 0. The van der Waals surface area contributed by atoms with Gasteiger partial charge < -0.3 is 13.4 Å². The minimum absolute atomic E-state index is 1.24. The topological polar surface area (TPSA) is 51.2 Å². The smallest absolute Gasteiger partial charge is 0.367 e. The van der Waals surface area contributed by atoms with Gasteiger partial charge in [0, 0.05) is 0 Å². The summed E-state index contributed by atoms with van der Waals surface area (Å²) in [5.74, 6) is 0. The Kier molecular flexibility index (Phi) is 3.28. The van der Waals surface area contributed by atoms with E-state index in [0.717, 1.165) is 0 Å². The highest BCUT2D eigenvalue weighted by molar-refractivity contribution is 7.25. The summed E-state index contributed by atoms with van der Waals surface area (Å²) in [6.45, 7) is 0. The van der Waals surface area contributed by atoms with Crippen molar-refractivity contribution in [1.29, 1.82) is 0 Å². The summed E-state index contributed by atoms with van der Waals surface area (Å²) in [5.41, 5.74) is 0. The largest absolute Gasteiger partial charge is 0.388 e. The molecule has 0 radical (unpaired) electrons. The molecule has 0 aliphatic carbocycles. The molecule has 0 heterocycles. The average molecular weight is 134 g/mol. The van der Waals surface area contributed by atoms with Gasteiger partial charge in [0.25, 0.3) is 0 Å². The van der Waals surface area contributed by atoms with E-state index in [-0.39, 0.29) is 0 Å². The van der Waals surface area contributed by atoms with Crippen LogP contribution < -0.4 is 0 Å². The minimum Gasteiger partial charge on any atom is -0.388 e. The zero-order valence-corrected chi connectivity index (χ0v) is 6.19. The third-order valence-corrected chi connectivity index (χ3v) is 4.54. The van der Waals surface area contributed by atoms with Crippen LogP contribution in [-0.2, 0) is 13.4 Å². The minimum atomic E-state index is -2.06. The third-order valence-electron chi connectivity index (χ3n) is 0.232. The predicted octanol–water partition coefficient (Wildman–Crippen LogP) is -2.03. The summed E-state index contributed by atoms with van der Waals surface area (Å²) < 4.78 is 28.8. The zero-order valence-electron chi connectivity index (χ0n) is 2.88.